The molecule has 1 amide bonds. The van der Waals surface area contributed by atoms with Crippen molar-refractivity contribution in [2.75, 3.05) is 25.0 Å². The number of rotatable bonds is 3. The Morgan fingerprint density at radius 3 is 2.46 bits per heavy atom. The van der Waals surface area contributed by atoms with Gasteiger partial charge in [-0.15, -0.1) is 0 Å². The summed E-state index contributed by atoms with van der Waals surface area (Å²) in [5.41, 5.74) is 3.84. The monoisotopic (exact) mass is 250 g/mol. The van der Waals surface area contributed by atoms with Crippen molar-refractivity contribution in [1.29, 1.82) is 0 Å². The number of hydrogen-bond donors (Lipinski definition) is 2. The Balaban J connectivity index is 2.42. The van der Waals surface area contributed by atoms with Gasteiger partial charge in [-0.1, -0.05) is 15.9 Å². The van der Waals surface area contributed by atoms with Crippen molar-refractivity contribution in [3.8, 4) is 0 Å². The summed E-state index contributed by atoms with van der Waals surface area (Å²) in [4.78, 5) is 13.1. The molecule has 3 N–H and O–H groups in total. The summed E-state index contributed by atoms with van der Waals surface area (Å²) in [5.74, 6) is -0.592. The second kappa shape index (κ2) is 4.39. The number of nitrogens with two attached hydrogens (primary N) is 1. The molecule has 0 spiro atoms. The third-order valence-corrected chi connectivity index (χ3v) is 2.90. The average molecular weight is 251 g/mol. The van der Waals surface area contributed by atoms with Gasteiger partial charge >= 0.3 is 0 Å². The second-order valence-electron chi connectivity index (χ2n) is 3.43. The van der Waals surface area contributed by atoms with E-state index in [0.29, 0.717) is 12.8 Å². The van der Waals surface area contributed by atoms with E-state index in [1.165, 1.54) is 0 Å². The highest BCUT2D eigenvalue weighted by Crippen LogP contribution is 2.21. The number of aliphatic hydroxyl groups is 1. The van der Waals surface area contributed by atoms with Crippen LogP contribution in [-0.2, 0) is 4.79 Å². The number of piperidine rings is 1. The molecule has 1 aliphatic heterocycles. The zero-order valence-corrected chi connectivity index (χ0v) is 9.09. The number of alkyl halides is 1. The standard InChI is InChI=1S/C8H15BrN2O2/c9-3-6-11-4-1-8(13,2-5-11)7(10)12/h13H,1-6H2,(H2,10,12). The molecule has 1 heterocycles. The Morgan fingerprint density at radius 1 is 1.54 bits per heavy atom. The molecule has 4 nitrogen and oxygen atoms in total. The van der Waals surface area contributed by atoms with E-state index in [4.69, 9.17) is 5.73 Å². The van der Waals surface area contributed by atoms with Crippen LogP contribution in [0, 0.1) is 0 Å². The number of amides is 1. The van der Waals surface area contributed by atoms with Crippen LogP contribution in [0.4, 0.5) is 0 Å². The topological polar surface area (TPSA) is 66.6 Å². The minimum absolute atomic E-state index is 0.454. The van der Waals surface area contributed by atoms with Gasteiger partial charge in [0.25, 0.3) is 0 Å². The van der Waals surface area contributed by atoms with Gasteiger partial charge in [0.2, 0.25) is 5.91 Å². The molecule has 0 aliphatic carbocycles. The molecule has 76 valence electrons. The van der Waals surface area contributed by atoms with Crippen molar-refractivity contribution < 1.29 is 9.90 Å². The van der Waals surface area contributed by atoms with E-state index in [0.717, 1.165) is 25.0 Å². The molecule has 0 aromatic carbocycles. The molecule has 0 aromatic rings. The van der Waals surface area contributed by atoms with Crippen LogP contribution in [0.3, 0.4) is 0 Å². The van der Waals surface area contributed by atoms with Crippen LogP contribution in [0.1, 0.15) is 12.8 Å². The highest BCUT2D eigenvalue weighted by atomic mass is 79.9. The maximum atomic E-state index is 10.9. The minimum Gasteiger partial charge on any atom is -0.380 e. The summed E-state index contributed by atoms with van der Waals surface area (Å²) >= 11 is 3.35. The van der Waals surface area contributed by atoms with Gasteiger partial charge in [-0.3, -0.25) is 4.79 Å². The zero-order chi connectivity index (χ0) is 9.90. The molecule has 0 bridgehead atoms. The molecule has 13 heavy (non-hydrogen) atoms. The predicted molar refractivity (Wildman–Crippen MR) is 53.6 cm³/mol. The lowest BCUT2D eigenvalue weighted by Gasteiger charge is -2.35. The van der Waals surface area contributed by atoms with E-state index in [9.17, 15) is 9.90 Å². The number of carbonyl (C=O) groups excluding carboxylic acids is 1. The van der Waals surface area contributed by atoms with E-state index in [1.807, 2.05) is 0 Å². The van der Waals surface area contributed by atoms with Crippen LogP contribution < -0.4 is 5.73 Å². The Morgan fingerprint density at radius 2 is 2.08 bits per heavy atom. The third kappa shape index (κ3) is 2.65. The van der Waals surface area contributed by atoms with Crippen LogP contribution in [0.5, 0.6) is 0 Å². The molecule has 0 aromatic heterocycles. The molecule has 0 radical (unpaired) electrons. The zero-order valence-electron chi connectivity index (χ0n) is 7.50. The fourth-order valence-corrected chi connectivity index (χ4v) is 2.01. The molecule has 0 unspecified atom stereocenters. The van der Waals surface area contributed by atoms with Gasteiger partial charge in [0.05, 0.1) is 0 Å². The smallest absolute Gasteiger partial charge is 0.249 e. The van der Waals surface area contributed by atoms with Gasteiger partial charge in [0.1, 0.15) is 5.60 Å². The normalized spacial score (nSPS) is 22.9. The van der Waals surface area contributed by atoms with E-state index in [2.05, 4.69) is 20.8 Å². The first-order chi connectivity index (χ1) is 6.08. The van der Waals surface area contributed by atoms with Crippen molar-refractivity contribution in [2.24, 2.45) is 5.73 Å². The minimum atomic E-state index is -1.26. The lowest BCUT2D eigenvalue weighted by Crippen LogP contribution is -2.52. The molecular formula is C8H15BrN2O2. The quantitative estimate of drug-likeness (QED) is 0.676. The van der Waals surface area contributed by atoms with Crippen LogP contribution in [0.15, 0.2) is 0 Å². The molecule has 1 fully saturated rings. The van der Waals surface area contributed by atoms with Gasteiger partial charge in [-0.05, 0) is 12.8 Å². The second-order valence-corrected chi connectivity index (χ2v) is 4.22. The van der Waals surface area contributed by atoms with Crippen LogP contribution in [0.25, 0.3) is 0 Å². The van der Waals surface area contributed by atoms with Crippen LogP contribution in [-0.4, -0.2) is 46.5 Å². The molecular weight excluding hydrogens is 236 g/mol. The first-order valence-corrected chi connectivity index (χ1v) is 5.51. The van der Waals surface area contributed by atoms with Gasteiger partial charge in [0.15, 0.2) is 0 Å². The maximum absolute atomic E-state index is 10.9. The fraction of sp³-hybridized carbons (Fsp3) is 0.875. The number of carbonyl (C=O) groups is 1. The Kier molecular flexibility index (Phi) is 3.70. The van der Waals surface area contributed by atoms with Crippen molar-refractivity contribution in [3.63, 3.8) is 0 Å². The lowest BCUT2D eigenvalue weighted by atomic mass is 9.91. The molecule has 1 rings (SSSR count). The number of nitrogens with zero attached hydrogens (tertiary/aromatic N) is 1. The summed E-state index contributed by atoms with van der Waals surface area (Å²) in [7, 11) is 0. The number of primary amides is 1. The molecule has 1 saturated heterocycles. The van der Waals surface area contributed by atoms with Crippen molar-refractivity contribution in [3.05, 3.63) is 0 Å². The van der Waals surface area contributed by atoms with Crippen molar-refractivity contribution in [2.45, 2.75) is 18.4 Å². The Bertz CT molecular complexity index is 191. The molecule has 1 aliphatic rings. The highest BCUT2D eigenvalue weighted by molar-refractivity contribution is 9.09. The summed E-state index contributed by atoms with van der Waals surface area (Å²) < 4.78 is 0. The summed E-state index contributed by atoms with van der Waals surface area (Å²) in [6, 6.07) is 0. The maximum Gasteiger partial charge on any atom is 0.249 e. The van der Waals surface area contributed by atoms with Gasteiger partial charge < -0.3 is 15.7 Å². The fourth-order valence-electron chi connectivity index (χ4n) is 1.51. The van der Waals surface area contributed by atoms with Crippen LogP contribution >= 0.6 is 15.9 Å². The van der Waals surface area contributed by atoms with Crippen molar-refractivity contribution in [1.82, 2.24) is 4.90 Å². The highest BCUT2D eigenvalue weighted by Gasteiger charge is 2.37. The van der Waals surface area contributed by atoms with E-state index < -0.39 is 11.5 Å². The first kappa shape index (κ1) is 10.9. The number of likely N-dealkylation sites (tertiary alicyclic amines) is 1. The van der Waals surface area contributed by atoms with Gasteiger partial charge in [0, 0.05) is 25.0 Å². The van der Waals surface area contributed by atoms with E-state index in [-0.39, 0.29) is 0 Å². The number of hydrogen-bond acceptors (Lipinski definition) is 3. The van der Waals surface area contributed by atoms with Gasteiger partial charge in [-0.2, -0.15) is 0 Å². The summed E-state index contributed by atoms with van der Waals surface area (Å²) in [5, 5.41) is 10.6. The third-order valence-electron chi connectivity index (χ3n) is 2.54. The Hall–Kier alpha value is -0.130. The summed E-state index contributed by atoms with van der Waals surface area (Å²) in [6.45, 7) is 2.44. The molecule has 5 heteroatoms. The molecule has 0 atom stereocenters. The SMILES string of the molecule is NC(=O)C1(O)CCN(CCBr)CC1. The van der Waals surface area contributed by atoms with Crippen LogP contribution in [0.2, 0.25) is 0 Å². The Labute approximate surface area is 86.2 Å². The molecule has 0 saturated carbocycles. The van der Waals surface area contributed by atoms with Crippen molar-refractivity contribution >= 4 is 21.8 Å². The van der Waals surface area contributed by atoms with Gasteiger partial charge in [-0.25, -0.2) is 0 Å². The lowest BCUT2D eigenvalue weighted by molar-refractivity contribution is -0.141. The predicted octanol–water partition coefficient (Wildman–Crippen LogP) is -0.307. The number of halogens is 1. The van der Waals surface area contributed by atoms with E-state index in [1.54, 1.807) is 0 Å². The first-order valence-electron chi connectivity index (χ1n) is 4.39. The summed E-state index contributed by atoms with van der Waals surface area (Å²) in [6.07, 6.45) is 0.907. The average Bonchev–Trinajstić information content (AvgIpc) is 2.09. The van der Waals surface area contributed by atoms with E-state index >= 15 is 0 Å². The largest absolute Gasteiger partial charge is 0.380 e.